The molecule has 0 fully saturated rings. The van der Waals surface area contributed by atoms with E-state index in [1.54, 1.807) is 0 Å². The van der Waals surface area contributed by atoms with E-state index in [0.29, 0.717) is 6.42 Å². The second kappa shape index (κ2) is 13.0. The molecule has 7 N–H and O–H groups in total. The average molecular weight is 391 g/mol. The number of amides is 3. The Morgan fingerprint density at radius 3 is 1.44 bits per heavy atom. The lowest BCUT2D eigenvalue weighted by Gasteiger charge is -2.32. The van der Waals surface area contributed by atoms with E-state index in [4.69, 9.17) is 15.6 Å². The number of carbonyl (C=O) groups is 4. The molecule has 0 aromatic rings. The molecular weight excluding hydrogens is 362 g/mol. The van der Waals surface area contributed by atoms with Gasteiger partial charge < -0.3 is 5.11 Å². The van der Waals surface area contributed by atoms with E-state index >= 15 is 0 Å². The molecule has 0 saturated carbocycles. The summed E-state index contributed by atoms with van der Waals surface area (Å²) in [6.07, 6.45) is 6.81. The minimum atomic E-state index is -3.09. The predicted molar refractivity (Wildman–Crippen MR) is 90.6 cm³/mol. The van der Waals surface area contributed by atoms with Gasteiger partial charge in [0.05, 0.1) is 5.92 Å². The van der Waals surface area contributed by atoms with Crippen LogP contribution in [0.25, 0.3) is 0 Å². The standard InChI is InChI=1S/C16H29N3O8/c1-2-3-4-5-6-7-8-9-10-11(12(20)21)16(13(22)17-25,14(23)18-26)15(24)19-27/h11,25-27H,2-10H2,1H3,(H,17,22)(H,18,23)(H,19,24)(H,20,21). The van der Waals surface area contributed by atoms with E-state index in [2.05, 4.69) is 6.92 Å². The van der Waals surface area contributed by atoms with Gasteiger partial charge in [-0.05, 0) is 6.42 Å². The van der Waals surface area contributed by atoms with Crippen LogP contribution in [0.15, 0.2) is 0 Å². The molecule has 11 heteroatoms. The Kier molecular flexibility index (Phi) is 11.9. The fourth-order valence-electron chi connectivity index (χ4n) is 3.06. The number of hydrogen-bond donors (Lipinski definition) is 7. The van der Waals surface area contributed by atoms with Gasteiger partial charge in [-0.25, -0.2) is 16.4 Å². The minimum absolute atomic E-state index is 0.265. The molecule has 0 aliphatic rings. The predicted octanol–water partition coefficient (Wildman–Crippen LogP) is 0.721. The Hall–Kier alpha value is -2.24. The molecule has 0 rings (SSSR count). The highest BCUT2D eigenvalue weighted by atomic mass is 16.5. The van der Waals surface area contributed by atoms with E-state index in [9.17, 15) is 24.3 Å². The van der Waals surface area contributed by atoms with E-state index in [1.165, 1.54) is 0 Å². The quantitative estimate of drug-likeness (QED) is 0.0976. The van der Waals surface area contributed by atoms with Crippen molar-refractivity contribution in [3.8, 4) is 0 Å². The number of rotatable bonds is 14. The van der Waals surface area contributed by atoms with Crippen LogP contribution in [0.1, 0.15) is 64.7 Å². The van der Waals surface area contributed by atoms with Gasteiger partial charge in [0, 0.05) is 0 Å². The van der Waals surface area contributed by atoms with Gasteiger partial charge >= 0.3 is 5.97 Å². The number of carboxylic acids is 1. The summed E-state index contributed by atoms with van der Waals surface area (Å²) in [5.74, 6) is -8.66. The fourth-order valence-corrected chi connectivity index (χ4v) is 3.06. The highest BCUT2D eigenvalue weighted by molar-refractivity contribution is 6.24. The van der Waals surface area contributed by atoms with Gasteiger partial charge in [-0.3, -0.25) is 34.8 Å². The van der Waals surface area contributed by atoms with Gasteiger partial charge in [-0.2, -0.15) is 0 Å². The summed E-state index contributed by atoms with van der Waals surface area (Å²) < 4.78 is 0. The van der Waals surface area contributed by atoms with Gasteiger partial charge in [-0.1, -0.05) is 58.3 Å². The summed E-state index contributed by atoms with van der Waals surface area (Å²) in [6.45, 7) is 2.10. The van der Waals surface area contributed by atoms with Crippen molar-refractivity contribution in [2.75, 3.05) is 0 Å². The molecule has 1 atom stereocenters. The first-order valence-corrected chi connectivity index (χ1v) is 8.90. The SMILES string of the molecule is CCCCCCCCCCC(C(=O)O)C(C(=O)NO)(C(=O)NO)C(=O)NO. The van der Waals surface area contributed by atoms with Crippen molar-refractivity contribution in [1.82, 2.24) is 16.4 Å². The average Bonchev–Trinajstić information content (AvgIpc) is 2.67. The van der Waals surface area contributed by atoms with Crippen molar-refractivity contribution < 1.29 is 39.9 Å². The highest BCUT2D eigenvalue weighted by Crippen LogP contribution is 2.34. The smallest absolute Gasteiger partial charge is 0.308 e. The Balaban J connectivity index is 5.25. The maximum Gasteiger partial charge on any atom is 0.308 e. The molecule has 1 unspecified atom stereocenters. The molecule has 156 valence electrons. The molecular formula is C16H29N3O8. The van der Waals surface area contributed by atoms with Crippen molar-refractivity contribution >= 4 is 23.7 Å². The maximum absolute atomic E-state index is 12.0. The third kappa shape index (κ3) is 6.45. The Morgan fingerprint density at radius 1 is 0.741 bits per heavy atom. The van der Waals surface area contributed by atoms with E-state index in [1.807, 2.05) is 0 Å². The number of nitrogens with one attached hydrogen (secondary N) is 3. The molecule has 0 heterocycles. The fraction of sp³-hybridized carbons (Fsp3) is 0.750. The topological polar surface area (TPSA) is 185 Å². The summed E-state index contributed by atoms with van der Waals surface area (Å²) >= 11 is 0. The van der Waals surface area contributed by atoms with Crippen molar-refractivity contribution in [2.24, 2.45) is 11.3 Å². The summed E-state index contributed by atoms with van der Waals surface area (Å²) in [7, 11) is 0. The van der Waals surface area contributed by atoms with Crippen molar-refractivity contribution in [3.63, 3.8) is 0 Å². The van der Waals surface area contributed by atoms with Crippen LogP contribution in [0.4, 0.5) is 0 Å². The number of aliphatic carboxylic acids is 1. The summed E-state index contributed by atoms with van der Waals surface area (Å²) in [5, 5.41) is 36.1. The second-order valence-corrected chi connectivity index (χ2v) is 6.29. The normalized spacial score (nSPS) is 12.1. The van der Waals surface area contributed by atoms with E-state index in [-0.39, 0.29) is 12.8 Å². The van der Waals surface area contributed by atoms with Crippen LogP contribution >= 0.6 is 0 Å². The third-order valence-electron chi connectivity index (χ3n) is 4.55. The van der Waals surface area contributed by atoms with Crippen LogP contribution in [-0.4, -0.2) is 44.4 Å². The molecule has 0 saturated heterocycles. The number of carbonyl (C=O) groups excluding carboxylic acids is 3. The number of hydrogen-bond acceptors (Lipinski definition) is 7. The van der Waals surface area contributed by atoms with Crippen LogP contribution in [0.5, 0.6) is 0 Å². The number of hydroxylamine groups is 3. The first-order valence-electron chi connectivity index (χ1n) is 8.90. The molecule has 0 radical (unpaired) electrons. The maximum atomic E-state index is 12.0. The van der Waals surface area contributed by atoms with Gasteiger partial charge in [0.1, 0.15) is 0 Å². The van der Waals surface area contributed by atoms with Crippen molar-refractivity contribution in [1.29, 1.82) is 0 Å². The van der Waals surface area contributed by atoms with Crippen LogP contribution in [0, 0.1) is 11.3 Å². The molecule has 3 amide bonds. The Morgan fingerprint density at radius 2 is 1.11 bits per heavy atom. The van der Waals surface area contributed by atoms with Crippen LogP contribution < -0.4 is 16.4 Å². The molecule has 0 aromatic heterocycles. The Bertz CT molecular complexity index is 471. The van der Waals surface area contributed by atoms with Gasteiger partial charge in [0.15, 0.2) is 0 Å². The zero-order chi connectivity index (χ0) is 20.9. The number of unbranched alkanes of at least 4 members (excludes halogenated alkanes) is 7. The Labute approximate surface area is 157 Å². The summed E-state index contributed by atoms with van der Waals surface area (Å²) in [6, 6.07) is 0. The molecule has 0 aromatic carbocycles. The largest absolute Gasteiger partial charge is 0.481 e. The first-order chi connectivity index (χ1) is 12.8. The minimum Gasteiger partial charge on any atom is -0.481 e. The second-order valence-electron chi connectivity index (χ2n) is 6.29. The molecule has 11 nitrogen and oxygen atoms in total. The van der Waals surface area contributed by atoms with Crippen molar-refractivity contribution in [2.45, 2.75) is 64.7 Å². The van der Waals surface area contributed by atoms with Gasteiger partial charge in [0.2, 0.25) is 5.41 Å². The summed E-state index contributed by atoms with van der Waals surface area (Å²) in [5.41, 5.74) is 0.0754. The summed E-state index contributed by atoms with van der Waals surface area (Å²) in [4.78, 5) is 47.8. The highest BCUT2D eigenvalue weighted by Gasteiger charge is 2.61. The lowest BCUT2D eigenvalue weighted by atomic mass is 9.70. The lowest BCUT2D eigenvalue weighted by molar-refractivity contribution is -0.175. The molecule has 27 heavy (non-hydrogen) atoms. The van der Waals surface area contributed by atoms with E-state index in [0.717, 1.165) is 55.0 Å². The molecule has 0 aliphatic heterocycles. The van der Waals surface area contributed by atoms with Gasteiger partial charge in [-0.15, -0.1) is 0 Å². The lowest BCUT2D eigenvalue weighted by Crippen LogP contribution is -2.63. The zero-order valence-electron chi connectivity index (χ0n) is 15.4. The van der Waals surface area contributed by atoms with E-state index < -0.39 is 35.0 Å². The van der Waals surface area contributed by atoms with Crippen LogP contribution in [0.2, 0.25) is 0 Å². The third-order valence-corrected chi connectivity index (χ3v) is 4.55. The van der Waals surface area contributed by atoms with Crippen LogP contribution in [0.3, 0.4) is 0 Å². The molecule has 0 aliphatic carbocycles. The zero-order valence-corrected chi connectivity index (χ0v) is 15.4. The first kappa shape index (κ1) is 24.8. The molecule has 0 bridgehead atoms. The monoisotopic (exact) mass is 391 g/mol. The van der Waals surface area contributed by atoms with Crippen LogP contribution in [-0.2, 0) is 19.2 Å². The van der Waals surface area contributed by atoms with Crippen molar-refractivity contribution in [3.05, 3.63) is 0 Å². The molecule has 0 spiro atoms. The van der Waals surface area contributed by atoms with Gasteiger partial charge in [0.25, 0.3) is 17.7 Å². The number of carboxylic acid groups (broad SMARTS) is 1.